The van der Waals surface area contributed by atoms with Gasteiger partial charge in [0.25, 0.3) is 0 Å². The van der Waals surface area contributed by atoms with Gasteiger partial charge in [-0.3, -0.25) is 4.79 Å². The van der Waals surface area contributed by atoms with Gasteiger partial charge in [0.15, 0.2) is 0 Å². The lowest BCUT2D eigenvalue weighted by Gasteiger charge is -2.60. The summed E-state index contributed by atoms with van der Waals surface area (Å²) in [6.07, 6.45) is 10.6. The minimum atomic E-state index is -0.118. The van der Waals surface area contributed by atoms with E-state index < -0.39 is 0 Å². The highest BCUT2D eigenvalue weighted by molar-refractivity contribution is 5.90. The summed E-state index contributed by atoms with van der Waals surface area (Å²) in [5.74, 6) is 2.54. The Bertz CT molecular complexity index is 642. The number of carbonyl (C=O) groups excluding carboxylic acids is 1. The van der Waals surface area contributed by atoms with Gasteiger partial charge in [0.05, 0.1) is 5.71 Å². The predicted octanol–water partition coefficient (Wildman–Crippen LogP) is 4.16. The number of Topliss-reactive ketones (excluding diaryl/α,β-unsaturated/α-hetero) is 1. The van der Waals surface area contributed by atoms with E-state index in [0.717, 1.165) is 63.7 Å². The molecule has 0 aromatic carbocycles. The van der Waals surface area contributed by atoms with E-state index in [9.17, 15) is 10.0 Å². The van der Waals surface area contributed by atoms with E-state index in [-0.39, 0.29) is 23.2 Å². The highest BCUT2D eigenvalue weighted by atomic mass is 35.5. The molecule has 0 radical (unpaired) electrons. The van der Waals surface area contributed by atoms with E-state index in [2.05, 4.69) is 24.3 Å². The fourth-order valence-corrected chi connectivity index (χ4v) is 7.71. The highest BCUT2D eigenvalue weighted by Gasteiger charge is 2.61. The van der Waals surface area contributed by atoms with Crippen molar-refractivity contribution < 1.29 is 10.0 Å². The van der Waals surface area contributed by atoms with Gasteiger partial charge in [-0.2, -0.15) is 0 Å². The van der Waals surface area contributed by atoms with Crippen LogP contribution < -0.4 is 11.1 Å². The van der Waals surface area contributed by atoms with Gasteiger partial charge < -0.3 is 16.3 Å². The summed E-state index contributed by atoms with van der Waals surface area (Å²) in [6, 6.07) is 0.520. The van der Waals surface area contributed by atoms with Crippen molar-refractivity contribution in [1.82, 2.24) is 5.32 Å². The van der Waals surface area contributed by atoms with Gasteiger partial charge in [0.1, 0.15) is 5.78 Å². The van der Waals surface area contributed by atoms with E-state index >= 15 is 0 Å². The normalized spacial score (nSPS) is 45.3. The Morgan fingerprint density at radius 2 is 1.97 bits per heavy atom. The third kappa shape index (κ3) is 3.76. The maximum atomic E-state index is 12.6. The number of nitrogens with one attached hydrogen (secondary N) is 1. The summed E-state index contributed by atoms with van der Waals surface area (Å²) in [5, 5.41) is 17.5. The number of unbranched alkanes of at least 4 members (excludes halogenated alkanes) is 1. The number of hydrogen-bond acceptors (Lipinski definition) is 5. The Morgan fingerprint density at radius 1 is 1.17 bits per heavy atom. The van der Waals surface area contributed by atoms with Crippen molar-refractivity contribution in [3.05, 3.63) is 0 Å². The van der Waals surface area contributed by atoms with Crippen LogP contribution in [-0.4, -0.2) is 35.8 Å². The van der Waals surface area contributed by atoms with Crippen LogP contribution in [0.5, 0.6) is 0 Å². The van der Waals surface area contributed by atoms with Crippen LogP contribution in [0.25, 0.3) is 0 Å². The van der Waals surface area contributed by atoms with Gasteiger partial charge in [0.2, 0.25) is 0 Å². The molecule has 29 heavy (non-hydrogen) atoms. The molecule has 4 rings (SSSR count). The lowest BCUT2D eigenvalue weighted by Crippen LogP contribution is -2.58. The lowest BCUT2D eigenvalue weighted by atomic mass is 9.44. The molecule has 4 N–H and O–H groups in total. The molecule has 0 amide bonds. The van der Waals surface area contributed by atoms with Crippen LogP contribution in [0.15, 0.2) is 5.16 Å². The summed E-state index contributed by atoms with van der Waals surface area (Å²) in [7, 11) is 0. The topological polar surface area (TPSA) is 87.7 Å². The average molecular weight is 426 g/mol. The monoisotopic (exact) mass is 425 g/mol. The van der Waals surface area contributed by atoms with Crippen LogP contribution in [0, 0.1) is 34.5 Å². The fourth-order valence-electron chi connectivity index (χ4n) is 7.71. The summed E-state index contributed by atoms with van der Waals surface area (Å²) in [6.45, 7) is 6.48. The largest absolute Gasteiger partial charge is 0.411 e. The Balaban J connectivity index is 0.00000240. The predicted molar refractivity (Wildman–Crippen MR) is 119 cm³/mol. The summed E-state index contributed by atoms with van der Waals surface area (Å²) in [4.78, 5) is 12.6. The molecule has 0 aromatic heterocycles. The Hall–Kier alpha value is -0.650. The Labute approximate surface area is 182 Å². The maximum absolute atomic E-state index is 12.6. The summed E-state index contributed by atoms with van der Waals surface area (Å²) >= 11 is 0. The van der Waals surface area contributed by atoms with Gasteiger partial charge in [-0.25, -0.2) is 0 Å². The zero-order chi connectivity index (χ0) is 19.9. The van der Waals surface area contributed by atoms with Crippen molar-refractivity contribution in [1.29, 1.82) is 0 Å². The minimum absolute atomic E-state index is 0. The molecular weight excluding hydrogens is 386 g/mol. The first-order valence-corrected chi connectivity index (χ1v) is 11.6. The van der Waals surface area contributed by atoms with Crippen molar-refractivity contribution in [2.45, 2.75) is 84.1 Å². The SMILES string of the molecule is C[C@]12CCC(NCCCCN)CC1/C(=N\O)C[C@@H]1[C@H]2CC[C@]2(C)C(=O)CC[C@@H]12.Cl. The molecule has 0 aliphatic heterocycles. The van der Waals surface area contributed by atoms with Crippen molar-refractivity contribution in [2.24, 2.45) is 45.4 Å². The number of ketones is 1. The van der Waals surface area contributed by atoms with Gasteiger partial charge in [-0.15, -0.1) is 12.4 Å². The molecular formula is C23H40ClN3O2. The number of oxime groups is 1. The molecule has 0 saturated heterocycles. The van der Waals surface area contributed by atoms with Gasteiger partial charge in [-0.05, 0) is 94.0 Å². The van der Waals surface area contributed by atoms with Gasteiger partial charge in [0, 0.05) is 23.8 Å². The molecule has 166 valence electrons. The Kier molecular flexibility index (Phi) is 7.02. The van der Waals surface area contributed by atoms with Crippen LogP contribution in [0.3, 0.4) is 0 Å². The first kappa shape index (κ1) is 23.0. The van der Waals surface area contributed by atoms with Crippen LogP contribution in [-0.2, 0) is 4.79 Å². The first-order chi connectivity index (χ1) is 13.4. The average Bonchev–Trinajstić information content (AvgIpc) is 3.00. The minimum Gasteiger partial charge on any atom is -0.411 e. The number of fused-ring (bicyclic) bond motifs is 5. The molecule has 5 nitrogen and oxygen atoms in total. The molecule has 0 spiro atoms. The number of nitrogens with two attached hydrogens (primary N) is 1. The van der Waals surface area contributed by atoms with Crippen molar-refractivity contribution in [2.75, 3.05) is 13.1 Å². The second-order valence-electron chi connectivity index (χ2n) is 10.6. The molecule has 6 heteroatoms. The summed E-state index contributed by atoms with van der Waals surface area (Å²) in [5.41, 5.74) is 6.72. The molecule has 4 aliphatic rings. The van der Waals surface area contributed by atoms with E-state index in [1.807, 2.05) is 0 Å². The Morgan fingerprint density at radius 3 is 2.69 bits per heavy atom. The molecule has 0 heterocycles. The van der Waals surface area contributed by atoms with Gasteiger partial charge in [-0.1, -0.05) is 19.0 Å². The van der Waals surface area contributed by atoms with Crippen molar-refractivity contribution in [3.8, 4) is 0 Å². The van der Waals surface area contributed by atoms with E-state index in [4.69, 9.17) is 5.73 Å². The number of hydrogen-bond donors (Lipinski definition) is 3. The first-order valence-electron chi connectivity index (χ1n) is 11.6. The smallest absolute Gasteiger partial charge is 0.139 e. The number of rotatable bonds is 5. The molecule has 7 atom stereocenters. The highest BCUT2D eigenvalue weighted by Crippen LogP contribution is 2.64. The van der Waals surface area contributed by atoms with Crippen LogP contribution >= 0.6 is 12.4 Å². The number of halogens is 1. The second kappa shape index (κ2) is 8.84. The quantitative estimate of drug-likeness (QED) is 0.350. The van der Waals surface area contributed by atoms with Crippen LogP contribution in [0.4, 0.5) is 0 Å². The molecule has 4 fully saturated rings. The number of carbonyl (C=O) groups is 1. The zero-order valence-electron chi connectivity index (χ0n) is 18.2. The molecule has 0 aromatic rings. The molecule has 4 saturated carbocycles. The lowest BCUT2D eigenvalue weighted by molar-refractivity contribution is -0.133. The molecule has 0 bridgehead atoms. The van der Waals surface area contributed by atoms with E-state index in [1.54, 1.807) is 0 Å². The van der Waals surface area contributed by atoms with Crippen LogP contribution in [0.1, 0.15) is 78.1 Å². The number of nitrogens with zero attached hydrogens (tertiary/aromatic N) is 1. The fraction of sp³-hybridized carbons (Fsp3) is 0.913. The molecule has 2 unspecified atom stereocenters. The third-order valence-corrected chi connectivity index (χ3v) is 9.38. The maximum Gasteiger partial charge on any atom is 0.139 e. The second-order valence-corrected chi connectivity index (χ2v) is 10.6. The third-order valence-electron chi connectivity index (χ3n) is 9.38. The zero-order valence-corrected chi connectivity index (χ0v) is 19.0. The van der Waals surface area contributed by atoms with Gasteiger partial charge >= 0.3 is 0 Å². The van der Waals surface area contributed by atoms with E-state index in [1.165, 1.54) is 19.3 Å². The van der Waals surface area contributed by atoms with E-state index in [0.29, 0.717) is 35.5 Å². The standard InChI is InChI=1S/C23H39N3O2.ClH/c1-22-9-7-15(25-12-4-3-11-24)13-19(22)20(26-28)14-16-17-5-6-21(27)23(17,2)10-8-18(16)22;/h15-19,25,28H,3-14,24H2,1-2H3;1H/b26-20-;/t15?,16-,17-,18+,19?,22+,23-;/m0./s1. The van der Waals surface area contributed by atoms with Crippen molar-refractivity contribution >= 4 is 23.9 Å². The van der Waals surface area contributed by atoms with Crippen LogP contribution in [0.2, 0.25) is 0 Å². The summed E-state index contributed by atoms with van der Waals surface area (Å²) < 4.78 is 0. The molecule has 4 aliphatic carbocycles. The van der Waals surface area contributed by atoms with Crippen molar-refractivity contribution in [3.63, 3.8) is 0 Å².